The Bertz CT molecular complexity index is 447. The SMILES string of the molecule is CCOC1(OCC)C[C@@](F)(CO)[C@H]1COCc1ccccc1. The summed E-state index contributed by atoms with van der Waals surface area (Å²) in [4.78, 5) is 0. The van der Waals surface area contributed by atoms with Crippen molar-refractivity contribution in [2.45, 2.75) is 38.3 Å². The van der Waals surface area contributed by atoms with Gasteiger partial charge in [0.05, 0.1) is 25.7 Å². The van der Waals surface area contributed by atoms with Crippen LogP contribution >= 0.6 is 0 Å². The van der Waals surface area contributed by atoms with E-state index >= 15 is 0 Å². The predicted octanol–water partition coefficient (Wildman–Crippen LogP) is 2.69. The van der Waals surface area contributed by atoms with Crippen LogP contribution in [0, 0.1) is 5.92 Å². The van der Waals surface area contributed by atoms with Gasteiger partial charge in [-0.25, -0.2) is 4.39 Å². The number of alkyl halides is 1. The number of rotatable bonds is 9. The fraction of sp³-hybridized carbons (Fsp3) is 0.647. The molecule has 4 nitrogen and oxygen atoms in total. The van der Waals surface area contributed by atoms with Gasteiger partial charge in [-0.1, -0.05) is 30.3 Å². The van der Waals surface area contributed by atoms with Gasteiger partial charge in [0.25, 0.3) is 0 Å². The van der Waals surface area contributed by atoms with Crippen molar-refractivity contribution in [3.8, 4) is 0 Å². The lowest BCUT2D eigenvalue weighted by Gasteiger charge is -2.56. The zero-order chi connectivity index (χ0) is 16.1. The maximum absolute atomic E-state index is 14.7. The molecule has 5 heteroatoms. The third-order valence-corrected chi connectivity index (χ3v) is 4.13. The molecule has 1 aromatic carbocycles. The highest BCUT2D eigenvalue weighted by molar-refractivity contribution is 5.14. The van der Waals surface area contributed by atoms with Crippen LogP contribution in [0.3, 0.4) is 0 Å². The Hall–Kier alpha value is -1.01. The summed E-state index contributed by atoms with van der Waals surface area (Å²) in [7, 11) is 0. The van der Waals surface area contributed by atoms with Crippen molar-refractivity contribution >= 4 is 0 Å². The van der Waals surface area contributed by atoms with Crippen molar-refractivity contribution < 1.29 is 23.7 Å². The van der Waals surface area contributed by atoms with E-state index in [1.165, 1.54) is 0 Å². The number of aliphatic hydroxyl groups is 1. The second-order valence-corrected chi connectivity index (χ2v) is 5.60. The number of halogens is 1. The molecule has 1 saturated carbocycles. The van der Waals surface area contributed by atoms with Gasteiger partial charge in [0.1, 0.15) is 5.67 Å². The standard InChI is InChI=1S/C17H25FO4/c1-3-21-17(22-4-2)12-16(18,13-19)15(17)11-20-10-14-8-6-5-7-9-14/h5-9,15,19H,3-4,10-13H2,1-2H3/t15-,16-/m1/s1. The highest BCUT2D eigenvalue weighted by Gasteiger charge is 2.66. The maximum Gasteiger partial charge on any atom is 0.179 e. The molecule has 2 rings (SSSR count). The lowest BCUT2D eigenvalue weighted by atomic mass is 9.65. The topological polar surface area (TPSA) is 47.9 Å². The molecule has 1 N–H and O–H groups in total. The summed E-state index contributed by atoms with van der Waals surface area (Å²) in [6.07, 6.45) is 0.0392. The van der Waals surface area contributed by atoms with Crippen LogP contribution in [0.2, 0.25) is 0 Å². The number of ether oxygens (including phenoxy) is 3. The zero-order valence-corrected chi connectivity index (χ0v) is 13.3. The summed E-state index contributed by atoms with van der Waals surface area (Å²) in [5, 5.41) is 9.36. The molecule has 0 amide bonds. The summed E-state index contributed by atoms with van der Waals surface area (Å²) < 4.78 is 31.7. The van der Waals surface area contributed by atoms with E-state index in [1.54, 1.807) is 0 Å². The molecule has 1 aliphatic rings. The third kappa shape index (κ3) is 3.49. The smallest absolute Gasteiger partial charge is 0.179 e. The number of aliphatic hydroxyl groups excluding tert-OH is 1. The van der Waals surface area contributed by atoms with Crippen LogP contribution in [0.25, 0.3) is 0 Å². The Morgan fingerprint density at radius 3 is 2.36 bits per heavy atom. The molecule has 0 unspecified atom stereocenters. The zero-order valence-electron chi connectivity index (χ0n) is 13.3. The van der Waals surface area contributed by atoms with Gasteiger partial charge in [0.2, 0.25) is 0 Å². The van der Waals surface area contributed by atoms with Crippen molar-refractivity contribution in [3.05, 3.63) is 35.9 Å². The Kier molecular flexibility index (Phi) is 5.92. The van der Waals surface area contributed by atoms with E-state index in [9.17, 15) is 9.50 Å². The normalized spacial score (nSPS) is 26.6. The lowest BCUT2D eigenvalue weighted by Crippen LogP contribution is -2.69. The molecule has 2 atom stereocenters. The summed E-state index contributed by atoms with van der Waals surface area (Å²) in [5.41, 5.74) is -0.685. The minimum absolute atomic E-state index is 0.0392. The van der Waals surface area contributed by atoms with Gasteiger partial charge in [-0.2, -0.15) is 0 Å². The quantitative estimate of drug-likeness (QED) is 0.712. The van der Waals surface area contributed by atoms with Gasteiger partial charge in [0, 0.05) is 19.6 Å². The number of hydrogen-bond donors (Lipinski definition) is 1. The monoisotopic (exact) mass is 312 g/mol. The molecule has 1 fully saturated rings. The Morgan fingerprint density at radius 2 is 1.82 bits per heavy atom. The van der Waals surface area contributed by atoms with Gasteiger partial charge >= 0.3 is 0 Å². The first-order valence-electron chi connectivity index (χ1n) is 7.79. The van der Waals surface area contributed by atoms with Gasteiger partial charge in [-0.15, -0.1) is 0 Å². The molecule has 1 aromatic rings. The summed E-state index contributed by atoms with van der Waals surface area (Å²) >= 11 is 0. The number of hydrogen-bond acceptors (Lipinski definition) is 4. The molecular formula is C17H25FO4. The van der Waals surface area contributed by atoms with E-state index in [4.69, 9.17) is 14.2 Å². The van der Waals surface area contributed by atoms with E-state index in [-0.39, 0.29) is 13.0 Å². The Balaban J connectivity index is 1.99. The largest absolute Gasteiger partial charge is 0.393 e. The van der Waals surface area contributed by atoms with Crippen molar-refractivity contribution in [3.63, 3.8) is 0 Å². The fourth-order valence-corrected chi connectivity index (χ4v) is 3.06. The van der Waals surface area contributed by atoms with Gasteiger partial charge < -0.3 is 19.3 Å². The molecule has 0 spiro atoms. The highest BCUT2D eigenvalue weighted by atomic mass is 19.1. The molecule has 1 aliphatic carbocycles. The molecule has 0 bridgehead atoms. The summed E-state index contributed by atoms with van der Waals surface area (Å²) in [6, 6.07) is 9.70. The Morgan fingerprint density at radius 1 is 1.18 bits per heavy atom. The molecular weight excluding hydrogens is 287 g/mol. The molecule has 124 valence electrons. The van der Waals surface area contributed by atoms with Crippen molar-refractivity contribution in [1.29, 1.82) is 0 Å². The van der Waals surface area contributed by atoms with Crippen LogP contribution in [0.4, 0.5) is 4.39 Å². The molecule has 0 heterocycles. The predicted molar refractivity (Wildman–Crippen MR) is 81.1 cm³/mol. The first-order chi connectivity index (χ1) is 10.6. The van der Waals surface area contributed by atoms with Crippen LogP contribution in [-0.4, -0.2) is 43.0 Å². The van der Waals surface area contributed by atoms with Crippen molar-refractivity contribution in [2.75, 3.05) is 26.4 Å². The minimum Gasteiger partial charge on any atom is -0.393 e. The van der Waals surface area contributed by atoms with E-state index < -0.39 is 24.0 Å². The molecule has 0 saturated heterocycles. The van der Waals surface area contributed by atoms with E-state index in [2.05, 4.69) is 0 Å². The van der Waals surface area contributed by atoms with E-state index in [0.717, 1.165) is 5.56 Å². The molecule has 0 aliphatic heterocycles. The lowest BCUT2D eigenvalue weighted by molar-refractivity contribution is -0.367. The van der Waals surface area contributed by atoms with Gasteiger partial charge in [-0.3, -0.25) is 0 Å². The van der Waals surface area contributed by atoms with E-state index in [0.29, 0.717) is 19.8 Å². The van der Waals surface area contributed by atoms with Crippen LogP contribution < -0.4 is 0 Å². The highest BCUT2D eigenvalue weighted by Crippen LogP contribution is 2.53. The molecule has 22 heavy (non-hydrogen) atoms. The second kappa shape index (κ2) is 7.51. The summed E-state index contributed by atoms with van der Waals surface area (Å²) in [6.45, 7) is 4.54. The van der Waals surface area contributed by atoms with Crippen molar-refractivity contribution in [1.82, 2.24) is 0 Å². The first kappa shape index (κ1) is 17.3. The van der Waals surface area contributed by atoms with Gasteiger partial charge in [-0.05, 0) is 19.4 Å². The average molecular weight is 312 g/mol. The fourth-order valence-electron chi connectivity index (χ4n) is 3.06. The van der Waals surface area contributed by atoms with Crippen molar-refractivity contribution in [2.24, 2.45) is 5.92 Å². The summed E-state index contributed by atoms with van der Waals surface area (Å²) in [5.74, 6) is -1.62. The van der Waals surface area contributed by atoms with Gasteiger partial charge in [0.15, 0.2) is 5.79 Å². The molecule has 0 aromatic heterocycles. The maximum atomic E-state index is 14.7. The van der Waals surface area contributed by atoms with Crippen LogP contribution in [0.15, 0.2) is 30.3 Å². The third-order valence-electron chi connectivity index (χ3n) is 4.13. The van der Waals surface area contributed by atoms with E-state index in [1.807, 2.05) is 44.2 Å². The average Bonchev–Trinajstić information content (AvgIpc) is 2.52. The Labute approximate surface area is 131 Å². The van der Waals surface area contributed by atoms with Crippen LogP contribution in [0.5, 0.6) is 0 Å². The van der Waals surface area contributed by atoms with Crippen LogP contribution in [-0.2, 0) is 20.8 Å². The first-order valence-corrected chi connectivity index (χ1v) is 7.79. The van der Waals surface area contributed by atoms with Crippen LogP contribution in [0.1, 0.15) is 25.8 Å². The minimum atomic E-state index is -1.71. The number of benzene rings is 1. The molecule has 0 radical (unpaired) electrons. The second-order valence-electron chi connectivity index (χ2n) is 5.60.